The van der Waals surface area contributed by atoms with Gasteiger partial charge in [0, 0.05) is 10.6 Å². The molecule has 31 heavy (non-hydrogen) atoms. The van der Waals surface area contributed by atoms with Gasteiger partial charge in [0.25, 0.3) is 0 Å². The largest absolute Gasteiger partial charge is 0.443 e. The van der Waals surface area contributed by atoms with Crippen LogP contribution in [-0.2, 0) is 9.47 Å². The molecule has 1 heterocycles. The Bertz CT molecular complexity index is 964. The Kier molecular flexibility index (Phi) is 7.38. The summed E-state index contributed by atoms with van der Waals surface area (Å²) in [7, 11) is 0. The molecule has 11 heteroatoms. The third-order valence-electron chi connectivity index (χ3n) is 3.27. The van der Waals surface area contributed by atoms with Crippen molar-refractivity contribution in [1.82, 2.24) is 9.97 Å². The smallest absolute Gasteiger partial charge is 0.425 e. The number of carbonyl (C=O) groups is 2. The predicted octanol–water partition coefficient (Wildman–Crippen LogP) is 5.68. The first-order valence-electron chi connectivity index (χ1n) is 9.17. The Morgan fingerprint density at radius 2 is 1.61 bits per heavy atom. The molecule has 2 amide bonds. The minimum Gasteiger partial charge on any atom is -0.443 e. The molecule has 1 aromatic carbocycles. The minimum absolute atomic E-state index is 0.118. The molecule has 0 spiro atoms. The van der Waals surface area contributed by atoms with Crippen molar-refractivity contribution in [3.8, 4) is 0 Å². The van der Waals surface area contributed by atoms with E-state index in [1.165, 1.54) is 12.1 Å². The molecule has 0 saturated carbocycles. The van der Waals surface area contributed by atoms with Crippen LogP contribution < -0.4 is 10.6 Å². The Morgan fingerprint density at radius 3 is 2.10 bits per heavy atom. The van der Waals surface area contributed by atoms with Gasteiger partial charge in [-0.3, -0.25) is 0 Å². The van der Waals surface area contributed by atoms with Crippen LogP contribution in [0, 0.1) is 5.82 Å². The summed E-state index contributed by atoms with van der Waals surface area (Å²) in [5.41, 5.74) is 4.03. The monoisotopic (exact) mass is 470 g/mol. The Hall–Kier alpha value is -2.59. The molecule has 1 aromatic heterocycles. The van der Waals surface area contributed by atoms with Gasteiger partial charge < -0.3 is 15.2 Å². The normalized spacial score (nSPS) is 11.7. The molecule has 0 fully saturated rings. The number of nitrogen functional groups attached to an aromatic ring is 1. The lowest BCUT2D eigenvalue weighted by Crippen LogP contribution is -2.44. The molecule has 0 atom stereocenters. The van der Waals surface area contributed by atoms with E-state index < -0.39 is 29.2 Å². The summed E-state index contributed by atoms with van der Waals surface area (Å²) in [4.78, 5) is 34.4. The van der Waals surface area contributed by atoms with Gasteiger partial charge in [-0.15, -0.1) is 0 Å². The lowest BCUT2D eigenvalue weighted by molar-refractivity contribution is 0.0429. The number of hydrogen-bond donors (Lipinski definition) is 1. The number of halogens is 2. The number of rotatable bonds is 3. The highest BCUT2D eigenvalue weighted by molar-refractivity contribution is 7.99. The SMILES string of the molecule is CC(C)(C)OC(=O)N(C(=O)OC(C)(C)C)c1ncnc(Sc2ccc(N)cc2F)c1Cl. The molecule has 2 N–H and O–H groups in total. The summed E-state index contributed by atoms with van der Waals surface area (Å²) in [6.45, 7) is 9.86. The van der Waals surface area contributed by atoms with E-state index in [0.29, 0.717) is 4.90 Å². The lowest BCUT2D eigenvalue weighted by atomic mass is 10.2. The molecule has 8 nitrogen and oxygen atoms in total. The highest BCUT2D eigenvalue weighted by atomic mass is 35.5. The van der Waals surface area contributed by atoms with Gasteiger partial charge >= 0.3 is 12.2 Å². The summed E-state index contributed by atoms with van der Waals surface area (Å²) < 4.78 is 24.9. The zero-order chi connectivity index (χ0) is 23.6. The van der Waals surface area contributed by atoms with Gasteiger partial charge in [0.15, 0.2) is 5.82 Å². The van der Waals surface area contributed by atoms with Crippen LogP contribution in [0.3, 0.4) is 0 Å². The molecule has 0 aliphatic rings. The van der Waals surface area contributed by atoms with Crippen LogP contribution in [0.2, 0.25) is 5.02 Å². The number of amides is 2. The zero-order valence-electron chi connectivity index (χ0n) is 18.0. The fourth-order valence-corrected chi connectivity index (χ4v) is 3.22. The van der Waals surface area contributed by atoms with E-state index in [1.807, 2.05) is 0 Å². The first-order valence-corrected chi connectivity index (χ1v) is 10.4. The Balaban J connectivity index is 2.49. The van der Waals surface area contributed by atoms with Crippen LogP contribution in [0.1, 0.15) is 41.5 Å². The Morgan fingerprint density at radius 1 is 1.06 bits per heavy atom. The number of aromatic nitrogens is 2. The van der Waals surface area contributed by atoms with E-state index in [-0.39, 0.29) is 26.4 Å². The number of benzene rings is 1. The van der Waals surface area contributed by atoms with Crippen molar-refractivity contribution in [3.63, 3.8) is 0 Å². The third-order valence-corrected chi connectivity index (χ3v) is 4.78. The molecule has 0 radical (unpaired) electrons. The maximum Gasteiger partial charge on any atom is 0.425 e. The second kappa shape index (κ2) is 9.27. The Labute approximate surface area is 189 Å². The topological polar surface area (TPSA) is 108 Å². The van der Waals surface area contributed by atoms with E-state index in [4.69, 9.17) is 26.8 Å². The summed E-state index contributed by atoms with van der Waals surface area (Å²) in [6, 6.07) is 4.15. The van der Waals surface area contributed by atoms with Gasteiger partial charge in [0.1, 0.15) is 33.4 Å². The average Bonchev–Trinajstić information content (AvgIpc) is 2.57. The number of ether oxygens (including phenoxy) is 2. The summed E-state index contributed by atoms with van der Waals surface area (Å²) in [5.74, 6) is -0.823. The number of nitrogens with zero attached hydrogens (tertiary/aromatic N) is 3. The van der Waals surface area contributed by atoms with Crippen molar-refractivity contribution >= 4 is 47.1 Å². The second-order valence-corrected chi connectivity index (χ2v) is 9.81. The molecular weight excluding hydrogens is 447 g/mol. The van der Waals surface area contributed by atoms with E-state index in [2.05, 4.69) is 9.97 Å². The fraction of sp³-hybridized carbons (Fsp3) is 0.400. The predicted molar refractivity (Wildman–Crippen MR) is 117 cm³/mol. The highest BCUT2D eigenvalue weighted by Gasteiger charge is 2.35. The number of hydrogen-bond acceptors (Lipinski definition) is 8. The van der Waals surface area contributed by atoms with E-state index in [1.54, 1.807) is 41.5 Å². The van der Waals surface area contributed by atoms with Crippen molar-refractivity contribution in [2.75, 3.05) is 10.6 Å². The van der Waals surface area contributed by atoms with Crippen LogP contribution in [0.4, 0.5) is 25.5 Å². The summed E-state index contributed by atoms with van der Waals surface area (Å²) in [5, 5.41) is -0.0344. The van der Waals surface area contributed by atoms with Crippen molar-refractivity contribution < 1.29 is 23.5 Å². The number of nitrogens with two attached hydrogens (primary N) is 1. The molecule has 168 valence electrons. The standard InChI is InChI=1S/C20H24ClFN4O4S/c1-19(2,3)29-17(27)26(18(28)30-20(4,5)6)15-14(21)16(25-10-24-15)31-13-8-7-11(23)9-12(13)22/h7-10H,23H2,1-6H3. The molecule has 0 saturated heterocycles. The van der Waals surface area contributed by atoms with Crippen LogP contribution in [-0.4, -0.2) is 33.4 Å². The van der Waals surface area contributed by atoms with Gasteiger partial charge in [-0.2, -0.15) is 4.90 Å². The van der Waals surface area contributed by atoms with Crippen molar-refractivity contribution in [2.24, 2.45) is 0 Å². The average molecular weight is 471 g/mol. The third kappa shape index (κ3) is 6.96. The number of anilines is 2. The fourth-order valence-electron chi connectivity index (χ4n) is 2.14. The van der Waals surface area contributed by atoms with Crippen molar-refractivity contribution in [2.45, 2.75) is 62.7 Å². The van der Waals surface area contributed by atoms with E-state index in [0.717, 1.165) is 24.2 Å². The van der Waals surface area contributed by atoms with Crippen molar-refractivity contribution in [3.05, 3.63) is 35.4 Å². The molecular formula is C20H24ClFN4O4S. The van der Waals surface area contributed by atoms with Gasteiger partial charge in [0.05, 0.1) is 0 Å². The second-order valence-electron chi connectivity index (χ2n) is 8.40. The lowest BCUT2D eigenvalue weighted by Gasteiger charge is -2.28. The first kappa shape index (κ1) is 24.7. The number of imide groups is 1. The van der Waals surface area contributed by atoms with Crippen LogP contribution >= 0.6 is 23.4 Å². The summed E-state index contributed by atoms with van der Waals surface area (Å²) >= 11 is 7.30. The zero-order valence-corrected chi connectivity index (χ0v) is 19.6. The molecule has 0 unspecified atom stereocenters. The van der Waals surface area contributed by atoms with Crippen LogP contribution in [0.15, 0.2) is 34.4 Å². The van der Waals surface area contributed by atoms with Gasteiger partial charge in [-0.25, -0.2) is 23.9 Å². The molecule has 0 bridgehead atoms. The molecule has 0 aliphatic heterocycles. The van der Waals surface area contributed by atoms with E-state index >= 15 is 0 Å². The maximum atomic E-state index is 14.2. The van der Waals surface area contributed by atoms with Gasteiger partial charge in [-0.1, -0.05) is 23.4 Å². The minimum atomic E-state index is -1.03. The van der Waals surface area contributed by atoms with E-state index in [9.17, 15) is 14.0 Å². The highest BCUT2D eigenvalue weighted by Crippen LogP contribution is 2.38. The first-order chi connectivity index (χ1) is 14.2. The van der Waals surface area contributed by atoms with Crippen LogP contribution in [0.5, 0.6) is 0 Å². The maximum absolute atomic E-state index is 14.2. The summed E-state index contributed by atoms with van der Waals surface area (Å²) in [6.07, 6.45) is -0.963. The molecule has 2 rings (SSSR count). The molecule has 2 aromatic rings. The van der Waals surface area contributed by atoms with Gasteiger partial charge in [0.2, 0.25) is 0 Å². The van der Waals surface area contributed by atoms with Crippen molar-refractivity contribution in [1.29, 1.82) is 0 Å². The quantitative estimate of drug-likeness (QED) is 0.451. The van der Waals surface area contributed by atoms with Gasteiger partial charge in [-0.05, 0) is 59.7 Å². The number of carbonyl (C=O) groups excluding carboxylic acids is 2. The van der Waals surface area contributed by atoms with Crippen LogP contribution in [0.25, 0.3) is 0 Å². The molecule has 0 aliphatic carbocycles.